The molecule has 0 aliphatic carbocycles. The number of amides is 1. The van der Waals surface area contributed by atoms with Gasteiger partial charge in [-0.3, -0.25) is 0 Å². The smallest absolute Gasteiger partial charge is 0.417 e. The van der Waals surface area contributed by atoms with Crippen LogP contribution in [0.15, 0.2) is 21.2 Å². The molecule has 2 rings (SSSR count). The average molecular weight is 262 g/mol. The molecule has 1 amide bonds. The van der Waals surface area contributed by atoms with Crippen molar-refractivity contribution in [3.8, 4) is 0 Å². The second-order valence-corrected chi connectivity index (χ2v) is 3.64. The number of aliphatic hydroxyl groups excluding tert-OH is 1. The Hall–Kier alpha value is -1.01. The topological polar surface area (TPSA) is 62.9 Å². The number of aliphatic hydroxyl groups is 1. The number of halogens is 1. The van der Waals surface area contributed by atoms with E-state index in [1.807, 2.05) is 0 Å². The lowest BCUT2D eigenvalue weighted by Gasteiger charge is -2.15. The number of ether oxygens (including phenoxy) is 1. The molecule has 2 heterocycles. The van der Waals surface area contributed by atoms with Crippen LogP contribution in [-0.2, 0) is 4.74 Å². The molecule has 1 N–H and O–H groups in total. The van der Waals surface area contributed by atoms with Crippen LogP contribution in [0.25, 0.3) is 0 Å². The molecule has 1 aliphatic rings. The van der Waals surface area contributed by atoms with E-state index in [1.54, 1.807) is 12.1 Å². The summed E-state index contributed by atoms with van der Waals surface area (Å²) in [5, 5.41) is 9.00. The first kappa shape index (κ1) is 9.54. The van der Waals surface area contributed by atoms with E-state index < -0.39 is 6.09 Å². The second-order valence-electron chi connectivity index (χ2n) is 2.86. The van der Waals surface area contributed by atoms with Gasteiger partial charge in [-0.15, -0.1) is 0 Å². The summed E-state index contributed by atoms with van der Waals surface area (Å²) in [4.78, 5) is 12.6. The molecule has 1 aromatic heterocycles. The van der Waals surface area contributed by atoms with Gasteiger partial charge in [0.2, 0.25) is 5.88 Å². The molecule has 1 fully saturated rings. The maximum absolute atomic E-state index is 11.3. The molecule has 1 unspecified atom stereocenters. The van der Waals surface area contributed by atoms with Crippen molar-refractivity contribution in [1.82, 2.24) is 0 Å². The van der Waals surface area contributed by atoms with Gasteiger partial charge >= 0.3 is 6.09 Å². The van der Waals surface area contributed by atoms with Crippen LogP contribution in [0.3, 0.4) is 0 Å². The van der Waals surface area contributed by atoms with E-state index in [0.29, 0.717) is 10.6 Å². The molecular weight excluding hydrogens is 254 g/mol. The van der Waals surface area contributed by atoms with E-state index in [-0.39, 0.29) is 19.3 Å². The van der Waals surface area contributed by atoms with Gasteiger partial charge in [-0.25, -0.2) is 9.69 Å². The van der Waals surface area contributed by atoms with Gasteiger partial charge in [-0.05, 0) is 22.0 Å². The first-order valence-electron chi connectivity index (χ1n) is 4.04. The number of carbonyl (C=O) groups excluding carboxylic acids is 1. The van der Waals surface area contributed by atoms with Crippen LogP contribution in [-0.4, -0.2) is 30.5 Å². The monoisotopic (exact) mass is 261 g/mol. The zero-order valence-corrected chi connectivity index (χ0v) is 8.73. The molecule has 1 aromatic rings. The molecule has 0 radical (unpaired) electrons. The zero-order valence-electron chi connectivity index (χ0n) is 7.14. The van der Waals surface area contributed by atoms with Crippen LogP contribution in [0.4, 0.5) is 10.7 Å². The van der Waals surface area contributed by atoms with Gasteiger partial charge in [0.15, 0.2) is 4.67 Å². The quantitative estimate of drug-likeness (QED) is 0.874. The van der Waals surface area contributed by atoms with E-state index in [0.717, 1.165) is 0 Å². The summed E-state index contributed by atoms with van der Waals surface area (Å²) in [6, 6.07) is 2.95. The predicted molar refractivity (Wildman–Crippen MR) is 51.1 cm³/mol. The molecule has 0 spiro atoms. The highest BCUT2D eigenvalue weighted by atomic mass is 79.9. The van der Waals surface area contributed by atoms with Crippen LogP contribution < -0.4 is 4.90 Å². The number of anilines is 1. The maximum atomic E-state index is 11.3. The minimum atomic E-state index is -0.495. The maximum Gasteiger partial charge on any atom is 0.417 e. The predicted octanol–water partition coefficient (Wildman–Crippen LogP) is 1.36. The van der Waals surface area contributed by atoms with Crippen molar-refractivity contribution in [2.45, 2.75) is 6.04 Å². The minimum Gasteiger partial charge on any atom is -0.447 e. The Morgan fingerprint density at radius 3 is 3.00 bits per heavy atom. The highest BCUT2D eigenvalue weighted by Gasteiger charge is 2.35. The van der Waals surface area contributed by atoms with Crippen molar-refractivity contribution in [2.24, 2.45) is 0 Å². The largest absolute Gasteiger partial charge is 0.447 e. The van der Waals surface area contributed by atoms with E-state index in [9.17, 15) is 4.79 Å². The molecule has 0 aromatic carbocycles. The van der Waals surface area contributed by atoms with Crippen LogP contribution in [0, 0.1) is 0 Å². The van der Waals surface area contributed by atoms with Crippen molar-refractivity contribution in [1.29, 1.82) is 0 Å². The Balaban J connectivity index is 2.27. The average Bonchev–Trinajstić information content (AvgIpc) is 2.71. The lowest BCUT2D eigenvalue weighted by Crippen LogP contribution is -2.35. The number of hydrogen-bond donors (Lipinski definition) is 1. The number of rotatable bonds is 2. The van der Waals surface area contributed by atoms with Gasteiger partial charge in [0, 0.05) is 6.07 Å². The number of cyclic esters (lactones) is 1. The van der Waals surface area contributed by atoms with Gasteiger partial charge in [0.25, 0.3) is 0 Å². The van der Waals surface area contributed by atoms with Gasteiger partial charge in [0.1, 0.15) is 12.6 Å². The Morgan fingerprint density at radius 1 is 1.64 bits per heavy atom. The lowest BCUT2D eigenvalue weighted by molar-refractivity contribution is 0.173. The Bertz CT molecular complexity index is 351. The SMILES string of the molecule is O=C1OCC(CO)N1c1ccc(Br)o1. The molecule has 1 saturated heterocycles. The number of furan rings is 1. The number of carbonyl (C=O) groups is 1. The zero-order chi connectivity index (χ0) is 10.1. The third kappa shape index (κ3) is 1.51. The highest BCUT2D eigenvalue weighted by molar-refractivity contribution is 9.10. The summed E-state index contributed by atoms with van der Waals surface area (Å²) < 4.78 is 10.5. The van der Waals surface area contributed by atoms with Crippen LogP contribution >= 0.6 is 15.9 Å². The summed E-state index contributed by atoms with van der Waals surface area (Å²) >= 11 is 3.13. The standard InChI is InChI=1S/C8H8BrNO4/c9-6-1-2-7(14-6)10-5(3-11)4-13-8(10)12/h1-2,5,11H,3-4H2. The van der Waals surface area contributed by atoms with E-state index >= 15 is 0 Å². The van der Waals surface area contributed by atoms with Crippen molar-refractivity contribution in [2.75, 3.05) is 18.1 Å². The van der Waals surface area contributed by atoms with Gasteiger partial charge in [-0.2, -0.15) is 0 Å². The fourth-order valence-corrected chi connectivity index (χ4v) is 1.60. The summed E-state index contributed by atoms with van der Waals surface area (Å²) in [5.41, 5.74) is 0. The Kier molecular flexibility index (Phi) is 2.47. The number of nitrogens with zero attached hydrogens (tertiary/aromatic N) is 1. The van der Waals surface area contributed by atoms with Crippen LogP contribution in [0.5, 0.6) is 0 Å². The fraction of sp³-hybridized carbons (Fsp3) is 0.375. The second kappa shape index (κ2) is 3.62. The van der Waals surface area contributed by atoms with Gasteiger partial charge in [0.05, 0.1) is 6.61 Å². The van der Waals surface area contributed by atoms with Crippen molar-refractivity contribution in [3.05, 3.63) is 16.8 Å². The van der Waals surface area contributed by atoms with Crippen molar-refractivity contribution >= 4 is 27.9 Å². The van der Waals surface area contributed by atoms with Gasteiger partial charge in [-0.1, -0.05) is 0 Å². The normalized spacial score (nSPS) is 21.4. The lowest BCUT2D eigenvalue weighted by atomic mass is 10.3. The van der Waals surface area contributed by atoms with Gasteiger partial charge < -0.3 is 14.3 Å². The minimum absolute atomic E-state index is 0.149. The van der Waals surface area contributed by atoms with Crippen molar-refractivity contribution in [3.63, 3.8) is 0 Å². The van der Waals surface area contributed by atoms with Crippen LogP contribution in [0.1, 0.15) is 0 Å². The molecule has 5 nitrogen and oxygen atoms in total. The molecule has 14 heavy (non-hydrogen) atoms. The molecule has 0 saturated carbocycles. The Morgan fingerprint density at radius 2 is 2.43 bits per heavy atom. The summed E-state index contributed by atoms with van der Waals surface area (Å²) in [6.07, 6.45) is -0.495. The summed E-state index contributed by atoms with van der Waals surface area (Å²) in [6.45, 7) is 0.0394. The first-order chi connectivity index (χ1) is 6.72. The number of hydrogen-bond acceptors (Lipinski definition) is 4. The molecule has 1 atom stereocenters. The molecule has 1 aliphatic heterocycles. The fourth-order valence-electron chi connectivity index (χ4n) is 1.30. The first-order valence-corrected chi connectivity index (χ1v) is 4.84. The molecule has 6 heteroatoms. The van der Waals surface area contributed by atoms with Crippen molar-refractivity contribution < 1.29 is 19.1 Å². The summed E-state index contributed by atoms with van der Waals surface area (Å²) in [5.74, 6) is 0.374. The summed E-state index contributed by atoms with van der Waals surface area (Å²) in [7, 11) is 0. The highest BCUT2D eigenvalue weighted by Crippen LogP contribution is 2.27. The third-order valence-electron chi connectivity index (χ3n) is 1.97. The Labute approximate surface area is 88.4 Å². The molecule has 76 valence electrons. The molecule has 0 bridgehead atoms. The van der Waals surface area contributed by atoms with Crippen LogP contribution in [0.2, 0.25) is 0 Å². The van der Waals surface area contributed by atoms with E-state index in [1.165, 1.54) is 4.90 Å². The van der Waals surface area contributed by atoms with E-state index in [2.05, 4.69) is 15.9 Å². The van der Waals surface area contributed by atoms with E-state index in [4.69, 9.17) is 14.3 Å². The third-order valence-corrected chi connectivity index (χ3v) is 2.39. The molecular formula is C8H8BrNO4.